The summed E-state index contributed by atoms with van der Waals surface area (Å²) >= 11 is 10.00. The molecule has 1 atom stereocenters. The Morgan fingerprint density at radius 1 is 1.33 bits per heavy atom. The molecule has 27 heavy (non-hydrogen) atoms. The van der Waals surface area contributed by atoms with Crippen molar-refractivity contribution in [3.05, 3.63) is 74.9 Å². The molecule has 1 aliphatic rings. The molecule has 4 N–H and O–H groups in total. The minimum Gasteiger partial charge on any atom is -0.442 e. The zero-order valence-electron chi connectivity index (χ0n) is 14.4. The molecule has 1 aromatic heterocycles. The smallest absolute Gasteiger partial charge is 0.181 e. The van der Waals surface area contributed by atoms with Crippen LogP contribution in [0.15, 0.2) is 51.8 Å². The minimum absolute atomic E-state index is 0.162. The molecule has 0 radical (unpaired) electrons. The standard InChI is InChI=1S/C20H18BrClN4O/c21-15-6-5-12-13(19(15)22)2-1-3-17(12)26-11-4-7-16(23)14(8-11)20(24)18-9-25-10-27-18/h4-10,17,24,26H,1-3,23H2. The van der Waals surface area contributed by atoms with Crippen molar-refractivity contribution < 1.29 is 4.42 Å². The maximum Gasteiger partial charge on any atom is 0.181 e. The molecule has 1 aliphatic carbocycles. The first-order chi connectivity index (χ1) is 13.0. The van der Waals surface area contributed by atoms with E-state index in [2.05, 4.69) is 32.3 Å². The number of nitrogens with zero attached hydrogens (tertiary/aromatic N) is 1. The van der Waals surface area contributed by atoms with E-state index in [4.69, 9.17) is 27.2 Å². The van der Waals surface area contributed by atoms with E-state index in [9.17, 15) is 0 Å². The second-order valence-corrected chi connectivity index (χ2v) is 7.79. The van der Waals surface area contributed by atoms with Crippen molar-refractivity contribution in [3.8, 4) is 0 Å². The van der Waals surface area contributed by atoms with Gasteiger partial charge in [0.05, 0.1) is 17.3 Å². The summed E-state index contributed by atoms with van der Waals surface area (Å²) in [6.07, 6.45) is 5.89. The molecule has 3 aromatic rings. The van der Waals surface area contributed by atoms with Crippen LogP contribution in [-0.2, 0) is 6.42 Å². The average Bonchev–Trinajstić information content (AvgIpc) is 3.21. The summed E-state index contributed by atoms with van der Waals surface area (Å²) in [5.41, 5.74) is 10.8. The van der Waals surface area contributed by atoms with E-state index >= 15 is 0 Å². The van der Waals surface area contributed by atoms with Gasteiger partial charge in [-0.3, -0.25) is 5.41 Å². The molecule has 0 bridgehead atoms. The number of aromatic nitrogens is 1. The van der Waals surface area contributed by atoms with Crippen molar-refractivity contribution in [2.75, 3.05) is 11.1 Å². The third-order valence-corrected chi connectivity index (χ3v) is 6.19. The van der Waals surface area contributed by atoms with Gasteiger partial charge in [-0.1, -0.05) is 17.7 Å². The van der Waals surface area contributed by atoms with E-state index in [0.717, 1.165) is 34.4 Å². The molecular weight excluding hydrogens is 428 g/mol. The number of halogens is 2. The average molecular weight is 446 g/mol. The van der Waals surface area contributed by atoms with Crippen molar-refractivity contribution in [2.24, 2.45) is 0 Å². The Balaban J connectivity index is 1.64. The number of hydrogen-bond acceptors (Lipinski definition) is 5. The van der Waals surface area contributed by atoms with Crippen molar-refractivity contribution in [3.63, 3.8) is 0 Å². The lowest BCUT2D eigenvalue weighted by Gasteiger charge is -2.28. The Kier molecular flexibility index (Phi) is 4.93. The van der Waals surface area contributed by atoms with E-state index in [0.29, 0.717) is 17.0 Å². The lowest BCUT2D eigenvalue weighted by atomic mass is 9.87. The first kappa shape index (κ1) is 18.1. The lowest BCUT2D eigenvalue weighted by Crippen LogP contribution is -2.18. The number of anilines is 2. The minimum atomic E-state index is 0.162. The van der Waals surface area contributed by atoms with Gasteiger partial charge in [0.2, 0.25) is 0 Å². The number of nitrogens with two attached hydrogens (primary N) is 1. The monoisotopic (exact) mass is 444 g/mol. The Morgan fingerprint density at radius 3 is 2.96 bits per heavy atom. The van der Waals surface area contributed by atoms with Gasteiger partial charge in [-0.25, -0.2) is 4.98 Å². The first-order valence-corrected chi connectivity index (χ1v) is 9.82. The molecular formula is C20H18BrClN4O. The second kappa shape index (κ2) is 7.37. The molecule has 0 amide bonds. The number of benzene rings is 2. The molecule has 138 valence electrons. The van der Waals surface area contributed by atoms with Gasteiger partial charge in [0.15, 0.2) is 12.2 Å². The molecule has 1 unspecified atom stereocenters. The van der Waals surface area contributed by atoms with Crippen LogP contribution in [-0.4, -0.2) is 10.7 Å². The summed E-state index contributed by atoms with van der Waals surface area (Å²) in [5.74, 6) is 0.387. The summed E-state index contributed by atoms with van der Waals surface area (Å²) in [5, 5.41) is 12.7. The van der Waals surface area contributed by atoms with Gasteiger partial charge in [-0.2, -0.15) is 0 Å². The SMILES string of the molecule is N=C(c1cnco1)c1cc(NC2CCCc3c2ccc(Br)c3Cl)ccc1N. The molecule has 2 aromatic carbocycles. The highest BCUT2D eigenvalue weighted by atomic mass is 79.9. The fourth-order valence-corrected chi connectivity index (χ4v) is 4.15. The molecule has 0 saturated heterocycles. The van der Waals surface area contributed by atoms with Gasteiger partial charge in [-0.15, -0.1) is 0 Å². The Labute approximate surface area is 170 Å². The van der Waals surface area contributed by atoms with Gasteiger partial charge in [0, 0.05) is 21.4 Å². The Hall–Kier alpha value is -2.31. The summed E-state index contributed by atoms with van der Waals surface area (Å²) in [6.45, 7) is 0. The van der Waals surface area contributed by atoms with E-state index in [-0.39, 0.29) is 11.8 Å². The van der Waals surface area contributed by atoms with Crippen LogP contribution in [0, 0.1) is 5.41 Å². The van der Waals surface area contributed by atoms with Crippen molar-refractivity contribution >= 4 is 44.6 Å². The number of fused-ring (bicyclic) bond motifs is 1. The predicted molar refractivity (Wildman–Crippen MR) is 112 cm³/mol. The molecule has 0 aliphatic heterocycles. The molecule has 1 heterocycles. The fourth-order valence-electron chi connectivity index (χ4n) is 3.51. The van der Waals surface area contributed by atoms with Crippen LogP contribution >= 0.6 is 27.5 Å². The number of nitrogens with one attached hydrogen (secondary N) is 2. The van der Waals surface area contributed by atoms with Crippen molar-refractivity contribution in [1.82, 2.24) is 4.98 Å². The number of oxazole rings is 1. The topological polar surface area (TPSA) is 87.9 Å². The zero-order valence-corrected chi connectivity index (χ0v) is 16.8. The van der Waals surface area contributed by atoms with Gasteiger partial charge in [0.1, 0.15) is 5.71 Å². The molecule has 0 saturated carbocycles. The molecule has 0 spiro atoms. The van der Waals surface area contributed by atoms with E-state index in [1.165, 1.54) is 23.7 Å². The van der Waals surface area contributed by atoms with E-state index in [1.807, 2.05) is 18.2 Å². The maximum atomic E-state index is 8.35. The summed E-state index contributed by atoms with van der Waals surface area (Å²) in [4.78, 5) is 3.87. The largest absolute Gasteiger partial charge is 0.442 e. The van der Waals surface area contributed by atoms with Crippen LogP contribution in [0.3, 0.4) is 0 Å². The maximum absolute atomic E-state index is 8.35. The highest BCUT2D eigenvalue weighted by Gasteiger charge is 2.23. The molecule has 7 heteroatoms. The quantitative estimate of drug-likeness (QED) is 0.361. The predicted octanol–water partition coefficient (Wildman–Crippen LogP) is 5.58. The van der Waals surface area contributed by atoms with Crippen molar-refractivity contribution in [2.45, 2.75) is 25.3 Å². The van der Waals surface area contributed by atoms with Gasteiger partial charge >= 0.3 is 0 Å². The highest BCUT2D eigenvalue weighted by Crippen LogP contribution is 2.39. The summed E-state index contributed by atoms with van der Waals surface area (Å²) in [6, 6.07) is 9.90. The fraction of sp³-hybridized carbons (Fsp3) is 0.200. The second-order valence-electron chi connectivity index (χ2n) is 6.56. The van der Waals surface area contributed by atoms with E-state index < -0.39 is 0 Å². The van der Waals surface area contributed by atoms with Crippen LogP contribution < -0.4 is 11.1 Å². The first-order valence-electron chi connectivity index (χ1n) is 8.65. The van der Waals surface area contributed by atoms with Gasteiger partial charge < -0.3 is 15.5 Å². The highest BCUT2D eigenvalue weighted by molar-refractivity contribution is 9.10. The van der Waals surface area contributed by atoms with Crippen LogP contribution in [0.2, 0.25) is 5.02 Å². The van der Waals surface area contributed by atoms with Gasteiger partial charge in [-0.05, 0) is 70.6 Å². The summed E-state index contributed by atoms with van der Waals surface area (Å²) in [7, 11) is 0. The number of nitrogen functional groups attached to an aromatic ring is 1. The normalized spacial score (nSPS) is 16.0. The Morgan fingerprint density at radius 2 is 2.19 bits per heavy atom. The molecule has 4 rings (SSSR count). The van der Waals surface area contributed by atoms with Crippen molar-refractivity contribution in [1.29, 1.82) is 5.41 Å². The number of rotatable bonds is 4. The van der Waals surface area contributed by atoms with Crippen LogP contribution in [0.5, 0.6) is 0 Å². The van der Waals surface area contributed by atoms with Crippen LogP contribution in [0.25, 0.3) is 0 Å². The molecule has 5 nitrogen and oxygen atoms in total. The Bertz CT molecular complexity index is 1000. The van der Waals surface area contributed by atoms with Crippen LogP contribution in [0.4, 0.5) is 11.4 Å². The third-order valence-electron chi connectivity index (χ3n) is 4.87. The van der Waals surface area contributed by atoms with E-state index in [1.54, 1.807) is 6.07 Å². The lowest BCUT2D eigenvalue weighted by molar-refractivity contribution is 0.548. The zero-order chi connectivity index (χ0) is 19.0. The number of hydrogen-bond donors (Lipinski definition) is 3. The summed E-state index contributed by atoms with van der Waals surface area (Å²) < 4.78 is 6.16. The molecule has 0 fully saturated rings. The third kappa shape index (κ3) is 3.47. The van der Waals surface area contributed by atoms with Crippen LogP contribution in [0.1, 0.15) is 41.3 Å². The van der Waals surface area contributed by atoms with Gasteiger partial charge in [0.25, 0.3) is 0 Å².